The minimum Gasteiger partial charge on any atom is -0.312 e. The first-order chi connectivity index (χ1) is 8.48. The number of alkyl halides is 3. The Kier molecular flexibility index (Phi) is 3.92. The van der Waals surface area contributed by atoms with E-state index in [1.54, 1.807) is 30.3 Å². The van der Waals surface area contributed by atoms with E-state index < -0.39 is 12.2 Å². The van der Waals surface area contributed by atoms with E-state index in [1.807, 2.05) is 6.92 Å². The molecule has 1 N–H and O–H groups in total. The second-order valence-electron chi connectivity index (χ2n) is 4.70. The second-order valence-corrected chi connectivity index (χ2v) is 4.70. The number of nitrogens with one attached hydrogen (secondary N) is 1. The van der Waals surface area contributed by atoms with Gasteiger partial charge >= 0.3 is 6.18 Å². The van der Waals surface area contributed by atoms with Crippen LogP contribution in [0.1, 0.15) is 18.5 Å². The zero-order chi connectivity index (χ0) is 13.2. The molecule has 2 unspecified atom stereocenters. The van der Waals surface area contributed by atoms with Crippen molar-refractivity contribution in [3.05, 3.63) is 35.9 Å². The van der Waals surface area contributed by atoms with Gasteiger partial charge in [-0.3, -0.25) is 4.90 Å². The number of halogens is 3. The minimum atomic E-state index is -4.24. The van der Waals surface area contributed by atoms with Gasteiger partial charge in [-0.15, -0.1) is 0 Å². The summed E-state index contributed by atoms with van der Waals surface area (Å²) in [5, 5.41) is 3.16. The third-order valence-electron chi connectivity index (χ3n) is 3.19. The van der Waals surface area contributed by atoms with Crippen LogP contribution < -0.4 is 5.32 Å². The van der Waals surface area contributed by atoms with Crippen LogP contribution in [-0.2, 0) is 0 Å². The van der Waals surface area contributed by atoms with Crippen molar-refractivity contribution in [1.29, 1.82) is 0 Å². The molecule has 1 aromatic carbocycles. The highest BCUT2D eigenvalue weighted by Crippen LogP contribution is 2.37. The van der Waals surface area contributed by atoms with E-state index in [2.05, 4.69) is 5.32 Å². The standard InChI is InChI=1S/C13H17F3N2/c1-10-9-18(8-7-17-10)12(13(14,15)16)11-5-3-2-4-6-11/h2-6,10,12,17H,7-9H2,1H3. The summed E-state index contributed by atoms with van der Waals surface area (Å²) in [7, 11) is 0. The molecule has 0 spiro atoms. The Morgan fingerprint density at radius 2 is 1.94 bits per heavy atom. The molecule has 1 saturated heterocycles. The topological polar surface area (TPSA) is 15.3 Å². The predicted molar refractivity (Wildman–Crippen MR) is 64.3 cm³/mol. The third-order valence-corrected chi connectivity index (χ3v) is 3.19. The van der Waals surface area contributed by atoms with E-state index in [9.17, 15) is 13.2 Å². The van der Waals surface area contributed by atoms with E-state index in [4.69, 9.17) is 0 Å². The van der Waals surface area contributed by atoms with Gasteiger partial charge in [0.25, 0.3) is 0 Å². The van der Waals surface area contributed by atoms with Gasteiger partial charge in [0.15, 0.2) is 0 Å². The molecule has 2 atom stereocenters. The molecule has 2 nitrogen and oxygen atoms in total. The monoisotopic (exact) mass is 258 g/mol. The highest BCUT2D eigenvalue weighted by Gasteiger charge is 2.45. The van der Waals surface area contributed by atoms with Gasteiger partial charge in [-0.1, -0.05) is 30.3 Å². The van der Waals surface area contributed by atoms with E-state index >= 15 is 0 Å². The molecule has 5 heteroatoms. The lowest BCUT2D eigenvalue weighted by Crippen LogP contribution is -2.53. The van der Waals surface area contributed by atoms with Gasteiger partial charge in [-0.25, -0.2) is 0 Å². The lowest BCUT2D eigenvalue weighted by molar-refractivity contribution is -0.189. The number of nitrogens with zero attached hydrogens (tertiary/aromatic N) is 1. The van der Waals surface area contributed by atoms with Crippen LogP contribution in [0.5, 0.6) is 0 Å². The molecule has 1 aromatic rings. The first-order valence-corrected chi connectivity index (χ1v) is 6.07. The number of rotatable bonds is 2. The normalized spacial score (nSPS) is 23.9. The summed E-state index contributed by atoms with van der Waals surface area (Å²) in [4.78, 5) is 1.51. The number of hydrogen-bond acceptors (Lipinski definition) is 2. The average Bonchev–Trinajstić information content (AvgIpc) is 2.28. The Morgan fingerprint density at radius 1 is 1.28 bits per heavy atom. The fourth-order valence-electron chi connectivity index (χ4n) is 2.44. The lowest BCUT2D eigenvalue weighted by atomic mass is 10.0. The van der Waals surface area contributed by atoms with Crippen molar-refractivity contribution in [3.8, 4) is 0 Å². The smallest absolute Gasteiger partial charge is 0.312 e. The molecule has 18 heavy (non-hydrogen) atoms. The Bertz CT molecular complexity index is 378. The SMILES string of the molecule is CC1CN(C(c2ccccc2)C(F)(F)F)CCN1. The third kappa shape index (κ3) is 3.03. The van der Waals surface area contributed by atoms with Crippen molar-refractivity contribution in [2.45, 2.75) is 25.2 Å². The number of benzene rings is 1. The van der Waals surface area contributed by atoms with Gasteiger partial charge in [0.2, 0.25) is 0 Å². The van der Waals surface area contributed by atoms with Crippen LogP contribution in [0.25, 0.3) is 0 Å². The molecule has 1 heterocycles. The summed E-state index contributed by atoms with van der Waals surface area (Å²) in [6.45, 7) is 3.34. The highest BCUT2D eigenvalue weighted by molar-refractivity contribution is 5.21. The quantitative estimate of drug-likeness (QED) is 0.877. The zero-order valence-corrected chi connectivity index (χ0v) is 10.2. The summed E-state index contributed by atoms with van der Waals surface area (Å²) in [5.41, 5.74) is 0.319. The molecule has 1 fully saturated rings. The van der Waals surface area contributed by atoms with Gasteiger partial charge in [0, 0.05) is 25.7 Å². The zero-order valence-electron chi connectivity index (χ0n) is 10.2. The first kappa shape index (κ1) is 13.4. The molecule has 1 aliphatic heterocycles. The Hall–Kier alpha value is -1.07. The van der Waals surface area contributed by atoms with E-state index in [1.165, 1.54) is 4.90 Å². The Morgan fingerprint density at radius 3 is 2.50 bits per heavy atom. The Labute approximate surface area is 105 Å². The highest BCUT2D eigenvalue weighted by atomic mass is 19.4. The van der Waals surface area contributed by atoms with Crippen LogP contribution in [0.2, 0.25) is 0 Å². The van der Waals surface area contributed by atoms with Crippen molar-refractivity contribution in [2.24, 2.45) is 0 Å². The predicted octanol–water partition coefficient (Wildman–Crippen LogP) is 2.58. The van der Waals surface area contributed by atoms with Crippen molar-refractivity contribution in [3.63, 3.8) is 0 Å². The molecule has 0 amide bonds. The van der Waals surface area contributed by atoms with Gasteiger partial charge in [-0.2, -0.15) is 13.2 Å². The van der Waals surface area contributed by atoms with E-state index in [0.717, 1.165) is 0 Å². The van der Waals surface area contributed by atoms with Gasteiger partial charge in [0.1, 0.15) is 6.04 Å². The van der Waals surface area contributed by atoms with Gasteiger partial charge in [-0.05, 0) is 12.5 Å². The van der Waals surface area contributed by atoms with Crippen LogP contribution in [0.15, 0.2) is 30.3 Å². The van der Waals surface area contributed by atoms with Crippen molar-refractivity contribution >= 4 is 0 Å². The summed E-state index contributed by atoms with van der Waals surface area (Å²) in [6.07, 6.45) is -4.24. The number of hydrogen-bond donors (Lipinski definition) is 1. The van der Waals surface area contributed by atoms with Crippen LogP contribution in [0.3, 0.4) is 0 Å². The lowest BCUT2D eigenvalue weighted by Gasteiger charge is -2.38. The van der Waals surface area contributed by atoms with Gasteiger partial charge in [0.05, 0.1) is 0 Å². The second kappa shape index (κ2) is 5.28. The summed E-state index contributed by atoms with van der Waals surface area (Å²) < 4.78 is 39.8. The number of piperazine rings is 1. The molecular weight excluding hydrogens is 241 g/mol. The average molecular weight is 258 g/mol. The molecule has 0 radical (unpaired) electrons. The van der Waals surface area contributed by atoms with E-state index in [0.29, 0.717) is 25.2 Å². The molecule has 2 rings (SSSR count). The summed E-state index contributed by atoms with van der Waals surface area (Å²) >= 11 is 0. The van der Waals surface area contributed by atoms with Crippen LogP contribution >= 0.6 is 0 Å². The first-order valence-electron chi connectivity index (χ1n) is 6.07. The molecule has 1 aliphatic rings. The van der Waals surface area contributed by atoms with Crippen molar-refractivity contribution < 1.29 is 13.2 Å². The molecule has 0 aliphatic carbocycles. The van der Waals surface area contributed by atoms with Crippen LogP contribution in [0.4, 0.5) is 13.2 Å². The molecule has 100 valence electrons. The summed E-state index contributed by atoms with van der Waals surface area (Å²) in [6, 6.07) is 6.72. The van der Waals surface area contributed by atoms with Crippen LogP contribution in [0, 0.1) is 0 Å². The largest absolute Gasteiger partial charge is 0.408 e. The maximum absolute atomic E-state index is 13.3. The fourth-order valence-corrected chi connectivity index (χ4v) is 2.44. The maximum Gasteiger partial charge on any atom is 0.408 e. The molecular formula is C13H17F3N2. The van der Waals surface area contributed by atoms with Gasteiger partial charge < -0.3 is 5.32 Å². The van der Waals surface area contributed by atoms with Crippen molar-refractivity contribution in [2.75, 3.05) is 19.6 Å². The molecule has 0 bridgehead atoms. The van der Waals surface area contributed by atoms with Crippen LogP contribution in [-0.4, -0.2) is 36.8 Å². The minimum absolute atomic E-state index is 0.0901. The fraction of sp³-hybridized carbons (Fsp3) is 0.538. The summed E-state index contributed by atoms with van der Waals surface area (Å²) in [5.74, 6) is 0. The van der Waals surface area contributed by atoms with E-state index in [-0.39, 0.29) is 6.04 Å². The Balaban J connectivity index is 2.26. The van der Waals surface area contributed by atoms with Crippen molar-refractivity contribution in [1.82, 2.24) is 10.2 Å². The molecule has 0 aromatic heterocycles. The maximum atomic E-state index is 13.3. The molecule has 0 saturated carbocycles.